The molecule has 0 aliphatic rings. The minimum Gasteiger partial charge on any atom is -0.390 e. The zero-order valence-electron chi connectivity index (χ0n) is 8.90. The second-order valence-corrected chi connectivity index (χ2v) is 3.35. The van der Waals surface area contributed by atoms with E-state index in [1.165, 1.54) is 10.9 Å². The number of hydrogen-bond donors (Lipinski definition) is 0. The van der Waals surface area contributed by atoms with Crippen LogP contribution in [0.4, 0.5) is 0 Å². The van der Waals surface area contributed by atoms with Crippen LogP contribution in [0.1, 0.15) is 11.3 Å². The van der Waals surface area contributed by atoms with E-state index in [0.29, 0.717) is 0 Å². The Labute approximate surface area is 91.0 Å². The van der Waals surface area contributed by atoms with Crippen molar-refractivity contribution < 1.29 is 0 Å². The molecule has 0 atom stereocenters. The highest BCUT2D eigenvalue weighted by atomic mass is 14.9. The first kappa shape index (κ1) is 9.84. The molecule has 0 amide bonds. The van der Waals surface area contributed by atoms with E-state index < -0.39 is 0 Å². The Bertz CT molecular complexity index is 523. The summed E-state index contributed by atoms with van der Waals surface area (Å²) in [7, 11) is 2.05. The SMILES string of the molecule is C=Cc1c(C=C)n([B]C)c2ccccc12. The van der Waals surface area contributed by atoms with Gasteiger partial charge >= 0.3 is 0 Å². The van der Waals surface area contributed by atoms with Crippen LogP contribution in [-0.2, 0) is 0 Å². The lowest BCUT2D eigenvalue weighted by atomic mass is 9.98. The summed E-state index contributed by atoms with van der Waals surface area (Å²) in [4.78, 5) is 0. The third-order valence-electron chi connectivity index (χ3n) is 2.64. The van der Waals surface area contributed by atoms with Gasteiger partial charge in [0.15, 0.2) is 0 Å². The summed E-state index contributed by atoms with van der Waals surface area (Å²) < 4.78 is 2.14. The Hall–Kier alpha value is -1.70. The number of nitrogens with zero attached hydrogens (tertiary/aromatic N) is 1. The van der Waals surface area contributed by atoms with E-state index in [4.69, 9.17) is 0 Å². The maximum atomic E-state index is 3.86. The summed E-state index contributed by atoms with van der Waals surface area (Å²) in [5.74, 6) is 0. The molecule has 1 aromatic carbocycles. The number of para-hydroxylation sites is 1. The molecule has 0 aliphatic carbocycles. The zero-order chi connectivity index (χ0) is 10.8. The fourth-order valence-electron chi connectivity index (χ4n) is 2.01. The topological polar surface area (TPSA) is 4.93 Å². The van der Waals surface area contributed by atoms with Crippen molar-refractivity contribution in [2.45, 2.75) is 6.82 Å². The summed E-state index contributed by atoms with van der Waals surface area (Å²) in [6.07, 6.45) is 3.76. The summed E-state index contributed by atoms with van der Waals surface area (Å²) in [5.41, 5.74) is 3.46. The number of hydrogen-bond acceptors (Lipinski definition) is 0. The molecule has 0 aliphatic heterocycles. The quantitative estimate of drug-likeness (QED) is 0.659. The second kappa shape index (κ2) is 3.81. The highest BCUT2D eigenvalue weighted by Gasteiger charge is 2.10. The molecule has 0 saturated heterocycles. The highest BCUT2D eigenvalue weighted by molar-refractivity contribution is 6.34. The van der Waals surface area contributed by atoms with Crippen LogP contribution in [0.3, 0.4) is 0 Å². The van der Waals surface area contributed by atoms with E-state index in [9.17, 15) is 0 Å². The van der Waals surface area contributed by atoms with E-state index in [0.717, 1.165) is 11.3 Å². The first-order chi connectivity index (χ1) is 7.33. The Kier molecular flexibility index (Phi) is 2.50. The van der Waals surface area contributed by atoms with Gasteiger partial charge in [0, 0.05) is 22.2 Å². The average molecular weight is 194 g/mol. The Morgan fingerprint density at radius 2 is 1.93 bits per heavy atom. The zero-order valence-corrected chi connectivity index (χ0v) is 8.90. The van der Waals surface area contributed by atoms with Crippen LogP contribution in [0.25, 0.3) is 23.1 Å². The third kappa shape index (κ3) is 1.33. The molecule has 0 fully saturated rings. The van der Waals surface area contributed by atoms with Gasteiger partial charge < -0.3 is 4.48 Å². The number of benzene rings is 1. The van der Waals surface area contributed by atoms with Crippen LogP contribution >= 0.6 is 0 Å². The molecule has 2 aromatic rings. The van der Waals surface area contributed by atoms with Gasteiger partial charge in [0.05, 0.1) is 0 Å². The predicted octanol–water partition coefficient (Wildman–Crippen LogP) is 3.44. The summed E-state index contributed by atoms with van der Waals surface area (Å²) in [6, 6.07) is 8.30. The number of aromatic nitrogens is 1. The fourth-order valence-corrected chi connectivity index (χ4v) is 2.01. The van der Waals surface area contributed by atoms with Crippen LogP contribution in [0, 0.1) is 0 Å². The van der Waals surface area contributed by atoms with Gasteiger partial charge in [0.1, 0.15) is 0 Å². The molecule has 15 heavy (non-hydrogen) atoms. The van der Waals surface area contributed by atoms with Gasteiger partial charge in [0.2, 0.25) is 7.41 Å². The van der Waals surface area contributed by atoms with E-state index in [1.54, 1.807) is 0 Å². The van der Waals surface area contributed by atoms with Crippen LogP contribution in [-0.4, -0.2) is 11.9 Å². The first-order valence-electron chi connectivity index (χ1n) is 5.00. The lowest BCUT2D eigenvalue weighted by Gasteiger charge is -2.03. The lowest BCUT2D eigenvalue weighted by Crippen LogP contribution is -2.03. The standard InChI is InChI=1S/C13H13BN/c1-4-10-11-8-6-7-9-13(11)15(14-3)12(10)5-2/h4-9H,1-2H2,3H3. The number of rotatable bonds is 3. The van der Waals surface area contributed by atoms with Crippen LogP contribution in [0.2, 0.25) is 6.82 Å². The summed E-state index contributed by atoms with van der Waals surface area (Å²) in [5, 5.41) is 1.22. The minimum atomic E-state index is 1.11. The van der Waals surface area contributed by atoms with Crippen molar-refractivity contribution in [3.63, 3.8) is 0 Å². The molecule has 1 radical (unpaired) electrons. The first-order valence-corrected chi connectivity index (χ1v) is 5.00. The normalized spacial score (nSPS) is 10.2. The minimum absolute atomic E-state index is 1.11. The Morgan fingerprint density at radius 1 is 1.20 bits per heavy atom. The maximum Gasteiger partial charge on any atom is 0.249 e. The number of fused-ring (bicyclic) bond motifs is 1. The van der Waals surface area contributed by atoms with Crippen molar-refractivity contribution in [2.75, 3.05) is 0 Å². The van der Waals surface area contributed by atoms with Gasteiger partial charge in [-0.15, -0.1) is 0 Å². The monoisotopic (exact) mass is 194 g/mol. The molecule has 0 bridgehead atoms. The molecule has 0 N–H and O–H groups in total. The van der Waals surface area contributed by atoms with Gasteiger partial charge in [-0.2, -0.15) is 0 Å². The summed E-state index contributed by atoms with van der Waals surface area (Å²) in [6.45, 7) is 9.74. The van der Waals surface area contributed by atoms with Gasteiger partial charge in [-0.25, -0.2) is 0 Å². The molecule has 1 heterocycles. The highest BCUT2D eigenvalue weighted by Crippen LogP contribution is 2.27. The second-order valence-electron chi connectivity index (χ2n) is 3.35. The van der Waals surface area contributed by atoms with Crippen molar-refractivity contribution in [3.05, 3.63) is 48.7 Å². The van der Waals surface area contributed by atoms with E-state index >= 15 is 0 Å². The van der Waals surface area contributed by atoms with E-state index in [2.05, 4.69) is 29.8 Å². The average Bonchev–Trinajstić information content (AvgIpc) is 2.61. The Morgan fingerprint density at radius 3 is 2.53 bits per heavy atom. The molecule has 2 rings (SSSR count). The van der Waals surface area contributed by atoms with Crippen molar-refractivity contribution in [3.8, 4) is 0 Å². The third-order valence-corrected chi connectivity index (χ3v) is 2.64. The summed E-state index contributed by atoms with van der Waals surface area (Å²) >= 11 is 0. The van der Waals surface area contributed by atoms with Gasteiger partial charge in [0.25, 0.3) is 0 Å². The van der Waals surface area contributed by atoms with Crippen LogP contribution < -0.4 is 0 Å². The maximum absolute atomic E-state index is 3.86. The largest absolute Gasteiger partial charge is 0.390 e. The molecule has 0 unspecified atom stereocenters. The van der Waals surface area contributed by atoms with E-state index in [1.807, 2.05) is 38.5 Å². The smallest absolute Gasteiger partial charge is 0.249 e. The lowest BCUT2D eigenvalue weighted by molar-refractivity contribution is 1.26. The van der Waals surface area contributed by atoms with Gasteiger partial charge in [-0.1, -0.05) is 44.3 Å². The molecule has 1 aromatic heterocycles. The molecule has 2 heteroatoms. The van der Waals surface area contributed by atoms with Crippen molar-refractivity contribution >= 4 is 30.5 Å². The molecular formula is C13H13BN. The van der Waals surface area contributed by atoms with Crippen molar-refractivity contribution in [2.24, 2.45) is 0 Å². The predicted molar refractivity (Wildman–Crippen MR) is 69.1 cm³/mol. The Balaban J connectivity index is 2.94. The fraction of sp³-hybridized carbons (Fsp3) is 0.0769. The van der Waals surface area contributed by atoms with Crippen molar-refractivity contribution in [1.29, 1.82) is 0 Å². The molecule has 0 saturated carbocycles. The van der Waals surface area contributed by atoms with Gasteiger partial charge in [-0.3, -0.25) is 0 Å². The molecular weight excluding hydrogens is 181 g/mol. The van der Waals surface area contributed by atoms with Crippen LogP contribution in [0.15, 0.2) is 37.4 Å². The van der Waals surface area contributed by atoms with Crippen LogP contribution in [0.5, 0.6) is 0 Å². The van der Waals surface area contributed by atoms with Gasteiger partial charge in [-0.05, 0) is 12.1 Å². The molecule has 73 valence electrons. The van der Waals surface area contributed by atoms with E-state index in [-0.39, 0.29) is 0 Å². The molecule has 1 nitrogen and oxygen atoms in total. The molecule has 0 spiro atoms. The van der Waals surface area contributed by atoms with Crippen molar-refractivity contribution in [1.82, 2.24) is 4.48 Å².